The Labute approximate surface area is 93.7 Å². The summed E-state index contributed by atoms with van der Waals surface area (Å²) in [5, 5.41) is 8.99. The second-order valence-corrected chi connectivity index (χ2v) is 5.22. The lowest BCUT2D eigenvalue weighted by Crippen LogP contribution is -2.26. The number of rotatable bonds is 1. The molecule has 2 rings (SSSR count). The topological polar surface area (TPSA) is 70.2 Å². The fourth-order valence-corrected chi connectivity index (χ4v) is 2.45. The zero-order valence-corrected chi connectivity index (χ0v) is 9.68. The normalized spacial score (nSPS) is 18.3. The van der Waals surface area contributed by atoms with E-state index in [0.29, 0.717) is 17.5 Å². The van der Waals surface area contributed by atoms with Crippen LogP contribution in [0.4, 0.5) is 0 Å². The van der Waals surface area contributed by atoms with E-state index in [-0.39, 0.29) is 16.9 Å². The highest BCUT2D eigenvalue weighted by molar-refractivity contribution is 6.03. The highest BCUT2D eigenvalue weighted by atomic mass is 16.4. The first kappa shape index (κ1) is 10.9. The van der Waals surface area contributed by atoms with Crippen LogP contribution in [0.15, 0.2) is 0 Å². The number of ketones is 1. The molecular weight excluding hydrogens is 206 g/mol. The van der Waals surface area contributed by atoms with Crippen molar-refractivity contribution in [2.24, 2.45) is 5.41 Å². The van der Waals surface area contributed by atoms with Crippen LogP contribution in [0.2, 0.25) is 0 Å². The van der Waals surface area contributed by atoms with Crippen LogP contribution in [0.1, 0.15) is 52.4 Å². The highest BCUT2D eigenvalue weighted by Gasteiger charge is 2.35. The van der Waals surface area contributed by atoms with Crippen molar-refractivity contribution in [1.29, 1.82) is 0 Å². The van der Waals surface area contributed by atoms with Crippen LogP contribution in [0.25, 0.3) is 0 Å². The zero-order chi connectivity index (χ0) is 12.1. The van der Waals surface area contributed by atoms with E-state index in [1.807, 2.05) is 13.8 Å². The van der Waals surface area contributed by atoms with Gasteiger partial charge in [-0.2, -0.15) is 0 Å². The maximum absolute atomic E-state index is 11.9. The van der Waals surface area contributed by atoms with E-state index in [1.165, 1.54) is 0 Å². The van der Waals surface area contributed by atoms with Gasteiger partial charge in [-0.1, -0.05) is 13.8 Å². The van der Waals surface area contributed by atoms with E-state index in [0.717, 1.165) is 12.1 Å². The molecule has 4 heteroatoms. The minimum absolute atomic E-state index is 0.0486. The number of carboxylic acid groups (broad SMARTS) is 1. The summed E-state index contributed by atoms with van der Waals surface area (Å²) in [6, 6.07) is 0. The van der Waals surface area contributed by atoms with Crippen LogP contribution < -0.4 is 0 Å². The number of hydrogen-bond donors (Lipinski definition) is 2. The number of carbonyl (C=O) groups excluding carboxylic acids is 1. The molecule has 86 valence electrons. The molecule has 4 nitrogen and oxygen atoms in total. The molecule has 0 radical (unpaired) electrons. The smallest absolute Gasteiger partial charge is 0.352 e. The predicted octanol–water partition coefficient (Wildman–Crippen LogP) is 2.18. The third-order valence-electron chi connectivity index (χ3n) is 3.11. The third kappa shape index (κ3) is 1.54. The second kappa shape index (κ2) is 3.20. The quantitative estimate of drug-likeness (QED) is 0.763. The van der Waals surface area contributed by atoms with Crippen molar-refractivity contribution in [2.45, 2.75) is 33.6 Å². The lowest BCUT2D eigenvalue weighted by molar-refractivity contribution is 0.0690. The van der Waals surface area contributed by atoms with Gasteiger partial charge < -0.3 is 10.1 Å². The van der Waals surface area contributed by atoms with E-state index >= 15 is 0 Å². The van der Waals surface area contributed by atoms with Gasteiger partial charge in [0, 0.05) is 17.7 Å². The van der Waals surface area contributed by atoms with Crippen LogP contribution in [-0.4, -0.2) is 21.8 Å². The number of carbonyl (C=O) groups is 2. The summed E-state index contributed by atoms with van der Waals surface area (Å²) < 4.78 is 0. The Kier molecular flexibility index (Phi) is 2.19. The summed E-state index contributed by atoms with van der Waals surface area (Å²) >= 11 is 0. The number of hydrogen-bond acceptors (Lipinski definition) is 2. The van der Waals surface area contributed by atoms with Crippen LogP contribution in [0.5, 0.6) is 0 Å². The first-order chi connectivity index (χ1) is 7.32. The van der Waals surface area contributed by atoms with Gasteiger partial charge in [0.05, 0.1) is 0 Å². The largest absolute Gasteiger partial charge is 0.477 e. The molecule has 0 atom stereocenters. The average molecular weight is 221 g/mol. The van der Waals surface area contributed by atoms with Gasteiger partial charge in [0.1, 0.15) is 5.69 Å². The minimum atomic E-state index is -1.00. The summed E-state index contributed by atoms with van der Waals surface area (Å²) in [4.78, 5) is 25.8. The lowest BCUT2D eigenvalue weighted by atomic mass is 9.75. The van der Waals surface area contributed by atoms with E-state index in [9.17, 15) is 9.59 Å². The number of nitrogens with one attached hydrogen (secondary N) is 1. The first-order valence-corrected chi connectivity index (χ1v) is 5.30. The van der Waals surface area contributed by atoms with E-state index in [2.05, 4.69) is 4.98 Å². The standard InChI is InChI=1S/C12H15NO3/c1-6-9-7(13-10(6)11(15)16)4-12(2,3)5-8(9)14/h13H,4-5H2,1-3H3,(H,15,16). The molecule has 2 N–H and O–H groups in total. The monoisotopic (exact) mass is 221 g/mol. The van der Waals surface area contributed by atoms with Crippen molar-refractivity contribution in [3.8, 4) is 0 Å². The van der Waals surface area contributed by atoms with Gasteiger partial charge in [0.15, 0.2) is 5.78 Å². The molecule has 0 fully saturated rings. The summed E-state index contributed by atoms with van der Waals surface area (Å²) in [7, 11) is 0. The van der Waals surface area contributed by atoms with E-state index < -0.39 is 5.97 Å². The molecule has 0 unspecified atom stereocenters. The fourth-order valence-electron chi connectivity index (χ4n) is 2.45. The highest BCUT2D eigenvalue weighted by Crippen LogP contribution is 2.36. The molecule has 0 saturated carbocycles. The molecule has 0 bridgehead atoms. The molecular formula is C12H15NO3. The van der Waals surface area contributed by atoms with Gasteiger partial charge in [0.25, 0.3) is 0 Å². The maximum Gasteiger partial charge on any atom is 0.352 e. The number of H-pyrrole nitrogens is 1. The number of fused-ring (bicyclic) bond motifs is 1. The van der Waals surface area contributed by atoms with Crippen LogP contribution >= 0.6 is 0 Å². The van der Waals surface area contributed by atoms with E-state index in [1.54, 1.807) is 6.92 Å². The van der Waals surface area contributed by atoms with Crippen molar-refractivity contribution < 1.29 is 14.7 Å². The number of carboxylic acids is 1. The Morgan fingerprint density at radius 2 is 2.00 bits per heavy atom. The van der Waals surface area contributed by atoms with E-state index in [4.69, 9.17) is 5.11 Å². The summed E-state index contributed by atoms with van der Waals surface area (Å²) in [5.74, 6) is -0.954. The number of aromatic amines is 1. The number of Topliss-reactive ketones (excluding diaryl/α,β-unsaturated/α-hetero) is 1. The molecule has 0 aromatic carbocycles. The molecule has 0 saturated heterocycles. The predicted molar refractivity (Wildman–Crippen MR) is 58.9 cm³/mol. The Morgan fingerprint density at radius 1 is 1.38 bits per heavy atom. The minimum Gasteiger partial charge on any atom is -0.477 e. The van der Waals surface area contributed by atoms with Crippen molar-refractivity contribution in [2.75, 3.05) is 0 Å². The van der Waals surface area contributed by atoms with Crippen molar-refractivity contribution in [3.63, 3.8) is 0 Å². The molecule has 1 aromatic heterocycles. The summed E-state index contributed by atoms with van der Waals surface area (Å²) in [6.07, 6.45) is 1.21. The summed E-state index contributed by atoms with van der Waals surface area (Å²) in [5.41, 5.74) is 2.00. The van der Waals surface area contributed by atoms with Gasteiger partial charge >= 0.3 is 5.97 Å². The van der Waals surface area contributed by atoms with Gasteiger partial charge in [-0.15, -0.1) is 0 Å². The van der Waals surface area contributed by atoms with Crippen LogP contribution in [0.3, 0.4) is 0 Å². The van der Waals surface area contributed by atoms with Gasteiger partial charge in [-0.05, 0) is 24.3 Å². The number of aromatic nitrogens is 1. The molecule has 1 aliphatic carbocycles. The molecule has 1 aliphatic rings. The maximum atomic E-state index is 11.9. The van der Waals surface area contributed by atoms with Crippen molar-refractivity contribution >= 4 is 11.8 Å². The summed E-state index contributed by atoms with van der Waals surface area (Å²) in [6.45, 7) is 5.73. The molecule has 1 aromatic rings. The number of aromatic carboxylic acids is 1. The third-order valence-corrected chi connectivity index (χ3v) is 3.11. The Morgan fingerprint density at radius 3 is 2.56 bits per heavy atom. The second-order valence-electron chi connectivity index (χ2n) is 5.22. The molecule has 0 aliphatic heterocycles. The Bertz CT molecular complexity index is 483. The Balaban J connectivity index is 2.58. The van der Waals surface area contributed by atoms with Crippen LogP contribution in [-0.2, 0) is 6.42 Å². The molecule has 0 spiro atoms. The van der Waals surface area contributed by atoms with Crippen molar-refractivity contribution in [1.82, 2.24) is 4.98 Å². The van der Waals surface area contributed by atoms with Gasteiger partial charge in [-0.3, -0.25) is 4.79 Å². The zero-order valence-electron chi connectivity index (χ0n) is 9.68. The fraction of sp³-hybridized carbons (Fsp3) is 0.500. The first-order valence-electron chi connectivity index (χ1n) is 5.30. The Hall–Kier alpha value is -1.58. The molecule has 0 amide bonds. The SMILES string of the molecule is Cc1c(C(=O)O)[nH]c2c1C(=O)CC(C)(C)C2. The molecule has 1 heterocycles. The van der Waals surface area contributed by atoms with Gasteiger partial charge in [-0.25, -0.2) is 4.79 Å². The average Bonchev–Trinajstić information content (AvgIpc) is 2.40. The van der Waals surface area contributed by atoms with Crippen LogP contribution in [0, 0.1) is 12.3 Å². The van der Waals surface area contributed by atoms with Gasteiger partial charge in [0.2, 0.25) is 0 Å². The molecule has 16 heavy (non-hydrogen) atoms. The lowest BCUT2D eigenvalue weighted by Gasteiger charge is -2.28. The van der Waals surface area contributed by atoms with Crippen molar-refractivity contribution in [3.05, 3.63) is 22.5 Å².